The van der Waals surface area contributed by atoms with Gasteiger partial charge in [-0.2, -0.15) is 0 Å². The van der Waals surface area contributed by atoms with Crippen molar-refractivity contribution in [1.29, 1.82) is 0 Å². The quantitative estimate of drug-likeness (QED) is 0.781. The normalized spacial score (nSPS) is 28.4. The van der Waals surface area contributed by atoms with Gasteiger partial charge < -0.3 is 9.47 Å². The second kappa shape index (κ2) is 5.61. The van der Waals surface area contributed by atoms with Gasteiger partial charge >= 0.3 is 5.97 Å². The van der Waals surface area contributed by atoms with E-state index in [1.54, 1.807) is 0 Å². The molecule has 1 aromatic rings. The van der Waals surface area contributed by atoms with Gasteiger partial charge in [-0.1, -0.05) is 34.1 Å². The molecular weight excluding hydrogens is 310 g/mol. The van der Waals surface area contributed by atoms with Gasteiger partial charge in [0.15, 0.2) is 0 Å². The molecule has 0 radical (unpaired) electrons. The van der Waals surface area contributed by atoms with E-state index >= 15 is 0 Å². The first kappa shape index (κ1) is 13.1. The minimum absolute atomic E-state index is 0.0118. The zero-order valence-corrected chi connectivity index (χ0v) is 12.1. The summed E-state index contributed by atoms with van der Waals surface area (Å²) >= 11 is 3.56. The first-order valence-electron chi connectivity index (χ1n) is 6.52. The van der Waals surface area contributed by atoms with Crippen LogP contribution >= 0.6 is 15.9 Å². The number of rotatable bonds is 2. The van der Waals surface area contributed by atoms with E-state index in [0.29, 0.717) is 13.2 Å². The molecule has 1 aromatic carbocycles. The van der Waals surface area contributed by atoms with Crippen molar-refractivity contribution in [3.8, 4) is 0 Å². The van der Waals surface area contributed by atoms with Gasteiger partial charge in [0, 0.05) is 24.0 Å². The molecule has 3 rings (SSSR count). The van der Waals surface area contributed by atoms with Gasteiger partial charge in [0.25, 0.3) is 0 Å². The molecule has 2 saturated heterocycles. The van der Waals surface area contributed by atoms with Crippen LogP contribution in [0.25, 0.3) is 0 Å². The van der Waals surface area contributed by atoms with Crippen molar-refractivity contribution < 1.29 is 14.3 Å². The SMILES string of the molecule is O=C1OCC[C@H]1N1CCO[C@H](c2ccccc2Br)C1. The fraction of sp³-hybridized carbons (Fsp3) is 0.500. The Hall–Kier alpha value is -0.910. The molecule has 2 aliphatic rings. The van der Waals surface area contributed by atoms with E-state index in [1.165, 1.54) is 0 Å². The Morgan fingerprint density at radius 3 is 2.84 bits per heavy atom. The number of hydrogen-bond acceptors (Lipinski definition) is 4. The average Bonchev–Trinajstić information content (AvgIpc) is 2.86. The Morgan fingerprint density at radius 1 is 1.26 bits per heavy atom. The molecular formula is C14H16BrNO3. The number of cyclic esters (lactones) is 1. The smallest absolute Gasteiger partial charge is 0.323 e. The number of carbonyl (C=O) groups is 1. The van der Waals surface area contributed by atoms with Crippen LogP contribution in [0.3, 0.4) is 0 Å². The summed E-state index contributed by atoms with van der Waals surface area (Å²) in [7, 11) is 0. The first-order valence-corrected chi connectivity index (χ1v) is 7.32. The van der Waals surface area contributed by atoms with Gasteiger partial charge in [-0.15, -0.1) is 0 Å². The Bertz CT molecular complexity index is 480. The van der Waals surface area contributed by atoms with Crippen molar-refractivity contribution in [3.63, 3.8) is 0 Å². The van der Waals surface area contributed by atoms with Gasteiger partial charge in [0.05, 0.1) is 19.3 Å². The van der Waals surface area contributed by atoms with E-state index in [4.69, 9.17) is 9.47 Å². The van der Waals surface area contributed by atoms with E-state index in [9.17, 15) is 4.79 Å². The highest BCUT2D eigenvalue weighted by molar-refractivity contribution is 9.10. The molecule has 0 aromatic heterocycles. The fourth-order valence-corrected chi connectivity index (χ4v) is 3.23. The number of ether oxygens (including phenoxy) is 2. The number of nitrogens with zero attached hydrogens (tertiary/aromatic N) is 1. The molecule has 0 spiro atoms. The molecule has 0 unspecified atom stereocenters. The van der Waals surface area contributed by atoms with Gasteiger partial charge in [-0.25, -0.2) is 0 Å². The minimum Gasteiger partial charge on any atom is -0.464 e. The summed E-state index contributed by atoms with van der Waals surface area (Å²) in [6.45, 7) is 2.72. The molecule has 0 saturated carbocycles. The molecule has 2 aliphatic heterocycles. The minimum atomic E-state index is -0.0900. The van der Waals surface area contributed by atoms with E-state index in [2.05, 4.69) is 26.9 Å². The number of carbonyl (C=O) groups excluding carboxylic acids is 1. The average molecular weight is 326 g/mol. The van der Waals surface area contributed by atoms with Gasteiger partial charge in [-0.05, 0) is 11.6 Å². The van der Waals surface area contributed by atoms with Crippen LogP contribution in [0.5, 0.6) is 0 Å². The highest BCUT2D eigenvalue weighted by Crippen LogP contribution is 2.30. The number of esters is 1. The lowest BCUT2D eigenvalue weighted by Crippen LogP contribution is -2.46. The van der Waals surface area contributed by atoms with Crippen LogP contribution in [0.15, 0.2) is 28.7 Å². The number of morpholine rings is 1. The van der Waals surface area contributed by atoms with Gasteiger partial charge in [0.1, 0.15) is 6.04 Å². The lowest BCUT2D eigenvalue weighted by Gasteiger charge is -2.35. The van der Waals surface area contributed by atoms with Crippen molar-refractivity contribution in [2.24, 2.45) is 0 Å². The summed E-state index contributed by atoms with van der Waals surface area (Å²) in [5, 5.41) is 0. The number of benzene rings is 1. The largest absolute Gasteiger partial charge is 0.464 e. The molecule has 0 aliphatic carbocycles. The summed E-state index contributed by atoms with van der Waals surface area (Å²) in [6.07, 6.45) is 0.805. The highest BCUT2D eigenvalue weighted by Gasteiger charge is 2.36. The van der Waals surface area contributed by atoms with Crippen LogP contribution in [0, 0.1) is 0 Å². The van der Waals surface area contributed by atoms with Gasteiger partial charge in [0.2, 0.25) is 0 Å². The fourth-order valence-electron chi connectivity index (χ4n) is 2.69. The van der Waals surface area contributed by atoms with Crippen molar-refractivity contribution >= 4 is 21.9 Å². The van der Waals surface area contributed by atoms with Crippen molar-refractivity contribution in [2.45, 2.75) is 18.6 Å². The predicted molar refractivity (Wildman–Crippen MR) is 73.8 cm³/mol. The first-order chi connectivity index (χ1) is 9.25. The van der Waals surface area contributed by atoms with Gasteiger partial charge in [-0.3, -0.25) is 9.69 Å². The number of halogens is 1. The van der Waals surface area contributed by atoms with E-state index in [-0.39, 0.29) is 18.1 Å². The summed E-state index contributed by atoms with van der Waals surface area (Å²) in [6, 6.07) is 7.98. The maximum atomic E-state index is 11.7. The lowest BCUT2D eigenvalue weighted by atomic mass is 10.1. The van der Waals surface area contributed by atoms with Crippen LogP contribution in [-0.4, -0.2) is 43.2 Å². The molecule has 2 fully saturated rings. The zero-order chi connectivity index (χ0) is 13.2. The van der Waals surface area contributed by atoms with Crippen LogP contribution in [-0.2, 0) is 14.3 Å². The Labute approximate surface area is 120 Å². The third kappa shape index (κ3) is 2.68. The Balaban J connectivity index is 1.75. The molecule has 0 amide bonds. The molecule has 4 nitrogen and oxygen atoms in total. The lowest BCUT2D eigenvalue weighted by molar-refractivity contribution is -0.144. The van der Waals surface area contributed by atoms with E-state index < -0.39 is 0 Å². The molecule has 19 heavy (non-hydrogen) atoms. The third-order valence-electron chi connectivity index (χ3n) is 3.70. The molecule has 0 bridgehead atoms. The third-order valence-corrected chi connectivity index (χ3v) is 4.42. The maximum absolute atomic E-state index is 11.7. The molecule has 5 heteroatoms. The van der Waals surface area contributed by atoms with Crippen LogP contribution < -0.4 is 0 Å². The second-order valence-corrected chi connectivity index (χ2v) is 5.70. The molecule has 102 valence electrons. The standard InChI is InChI=1S/C14H16BrNO3/c15-11-4-2-1-3-10(11)13-9-16(6-8-18-13)12-5-7-19-14(12)17/h1-4,12-13H,5-9H2/t12-,13+/m1/s1. The van der Waals surface area contributed by atoms with Crippen molar-refractivity contribution in [1.82, 2.24) is 4.90 Å². The number of hydrogen-bond donors (Lipinski definition) is 0. The summed E-state index contributed by atoms with van der Waals surface area (Å²) in [5.74, 6) is -0.0900. The summed E-state index contributed by atoms with van der Waals surface area (Å²) in [5.41, 5.74) is 1.14. The van der Waals surface area contributed by atoms with E-state index in [1.807, 2.05) is 18.2 Å². The predicted octanol–water partition coefficient (Wildman–Crippen LogP) is 2.14. The second-order valence-electron chi connectivity index (χ2n) is 4.85. The molecule has 0 N–H and O–H groups in total. The maximum Gasteiger partial charge on any atom is 0.323 e. The van der Waals surface area contributed by atoms with Crippen LogP contribution in [0.4, 0.5) is 0 Å². The summed E-state index contributed by atoms with van der Waals surface area (Å²) < 4.78 is 12.0. The molecule has 2 atom stereocenters. The zero-order valence-electron chi connectivity index (χ0n) is 10.5. The van der Waals surface area contributed by atoms with Crippen molar-refractivity contribution in [2.75, 3.05) is 26.3 Å². The van der Waals surface area contributed by atoms with Crippen LogP contribution in [0.1, 0.15) is 18.1 Å². The van der Waals surface area contributed by atoms with Crippen LogP contribution in [0.2, 0.25) is 0 Å². The van der Waals surface area contributed by atoms with Crippen molar-refractivity contribution in [3.05, 3.63) is 34.3 Å². The summed E-state index contributed by atoms with van der Waals surface area (Å²) in [4.78, 5) is 13.9. The van der Waals surface area contributed by atoms with E-state index in [0.717, 1.165) is 29.5 Å². The molecule has 2 heterocycles. The Kier molecular flexibility index (Phi) is 3.86. The Morgan fingerprint density at radius 2 is 2.11 bits per heavy atom. The topological polar surface area (TPSA) is 38.8 Å². The monoisotopic (exact) mass is 325 g/mol. The highest BCUT2D eigenvalue weighted by atomic mass is 79.9.